The molecule has 2 aromatic rings. The minimum Gasteiger partial charge on any atom is -0.508 e. The van der Waals surface area contributed by atoms with Gasteiger partial charge in [0.05, 0.1) is 5.56 Å². The molecule has 0 bridgehead atoms. The number of anilines is 2. The van der Waals surface area contributed by atoms with Gasteiger partial charge in [-0.05, 0) is 42.3 Å². The summed E-state index contributed by atoms with van der Waals surface area (Å²) in [5, 5.41) is 15.1. The standard InChI is InChI=1S/C16H19N3O2/c1-18-16(21)14-7-4-12(17)10-15(14)19-9-8-11-2-5-13(20)6-3-11/h2-7,10,19-20H,8-9,17H2,1H3,(H,18,21). The van der Waals surface area contributed by atoms with Crippen molar-refractivity contribution in [3.05, 3.63) is 53.6 Å². The molecule has 0 aliphatic rings. The molecule has 0 spiro atoms. The van der Waals surface area contributed by atoms with E-state index in [9.17, 15) is 9.90 Å². The van der Waals surface area contributed by atoms with Crippen molar-refractivity contribution in [2.45, 2.75) is 6.42 Å². The number of hydrogen-bond acceptors (Lipinski definition) is 4. The number of hydrogen-bond donors (Lipinski definition) is 4. The maximum absolute atomic E-state index is 11.8. The van der Waals surface area contributed by atoms with Gasteiger partial charge in [-0.15, -0.1) is 0 Å². The third-order valence-electron chi connectivity index (χ3n) is 3.18. The van der Waals surface area contributed by atoms with Gasteiger partial charge in [-0.3, -0.25) is 4.79 Å². The molecule has 2 rings (SSSR count). The van der Waals surface area contributed by atoms with Crippen LogP contribution >= 0.6 is 0 Å². The summed E-state index contributed by atoms with van der Waals surface area (Å²) in [6.45, 7) is 0.665. The van der Waals surface area contributed by atoms with Gasteiger partial charge in [0, 0.05) is 25.0 Å². The molecule has 0 atom stereocenters. The van der Waals surface area contributed by atoms with E-state index in [1.54, 1.807) is 37.4 Å². The lowest BCUT2D eigenvalue weighted by Gasteiger charge is -2.12. The van der Waals surface area contributed by atoms with Crippen LogP contribution in [0.4, 0.5) is 11.4 Å². The van der Waals surface area contributed by atoms with Crippen LogP contribution in [0.2, 0.25) is 0 Å². The van der Waals surface area contributed by atoms with Gasteiger partial charge in [-0.1, -0.05) is 12.1 Å². The van der Waals surface area contributed by atoms with Gasteiger partial charge < -0.3 is 21.5 Å². The highest BCUT2D eigenvalue weighted by molar-refractivity contribution is 6.00. The van der Waals surface area contributed by atoms with Crippen molar-refractivity contribution in [3.8, 4) is 5.75 Å². The van der Waals surface area contributed by atoms with Gasteiger partial charge in [-0.2, -0.15) is 0 Å². The summed E-state index contributed by atoms with van der Waals surface area (Å²) in [6.07, 6.45) is 0.780. The van der Waals surface area contributed by atoms with Crippen LogP contribution in [0.15, 0.2) is 42.5 Å². The van der Waals surface area contributed by atoms with Crippen molar-refractivity contribution >= 4 is 17.3 Å². The number of benzene rings is 2. The molecule has 0 heterocycles. The van der Waals surface area contributed by atoms with E-state index in [-0.39, 0.29) is 11.7 Å². The molecule has 0 saturated heterocycles. The van der Waals surface area contributed by atoms with Crippen LogP contribution in [0.1, 0.15) is 15.9 Å². The van der Waals surface area contributed by atoms with E-state index in [0.717, 1.165) is 12.0 Å². The second-order valence-electron chi connectivity index (χ2n) is 4.73. The lowest BCUT2D eigenvalue weighted by molar-refractivity contribution is 0.0964. The predicted molar refractivity (Wildman–Crippen MR) is 84.5 cm³/mol. The first-order valence-electron chi connectivity index (χ1n) is 6.73. The third-order valence-corrected chi connectivity index (χ3v) is 3.18. The number of rotatable bonds is 5. The van der Waals surface area contributed by atoms with Crippen molar-refractivity contribution < 1.29 is 9.90 Å². The Labute approximate surface area is 123 Å². The van der Waals surface area contributed by atoms with Gasteiger partial charge in [-0.25, -0.2) is 0 Å². The fourth-order valence-electron chi connectivity index (χ4n) is 2.04. The molecule has 1 amide bonds. The minimum atomic E-state index is -0.151. The first-order chi connectivity index (χ1) is 10.1. The summed E-state index contributed by atoms with van der Waals surface area (Å²) < 4.78 is 0. The number of nitrogens with one attached hydrogen (secondary N) is 2. The number of phenolic OH excluding ortho intramolecular Hbond substituents is 1. The summed E-state index contributed by atoms with van der Waals surface area (Å²) in [7, 11) is 1.60. The normalized spacial score (nSPS) is 10.1. The monoisotopic (exact) mass is 285 g/mol. The molecule has 0 aliphatic carbocycles. The van der Waals surface area contributed by atoms with Crippen LogP contribution in [0.3, 0.4) is 0 Å². The molecular formula is C16H19N3O2. The predicted octanol–water partition coefficient (Wildman–Crippen LogP) is 1.99. The van der Waals surface area contributed by atoms with Crippen LogP contribution in [-0.2, 0) is 6.42 Å². The number of aromatic hydroxyl groups is 1. The van der Waals surface area contributed by atoms with E-state index < -0.39 is 0 Å². The minimum absolute atomic E-state index is 0.151. The Hall–Kier alpha value is -2.69. The molecule has 5 N–H and O–H groups in total. The zero-order valence-corrected chi connectivity index (χ0v) is 11.9. The topological polar surface area (TPSA) is 87.4 Å². The number of nitrogens with two attached hydrogens (primary N) is 1. The molecule has 0 radical (unpaired) electrons. The highest BCUT2D eigenvalue weighted by Crippen LogP contribution is 2.19. The zero-order chi connectivity index (χ0) is 15.2. The molecule has 0 saturated carbocycles. The van der Waals surface area contributed by atoms with Gasteiger partial charge in [0.1, 0.15) is 5.75 Å². The Balaban J connectivity index is 2.03. The molecule has 5 heteroatoms. The number of nitrogen functional groups attached to an aromatic ring is 1. The van der Waals surface area contributed by atoms with E-state index in [1.807, 2.05) is 12.1 Å². The summed E-state index contributed by atoms with van der Waals surface area (Å²) >= 11 is 0. The van der Waals surface area contributed by atoms with E-state index >= 15 is 0 Å². The summed E-state index contributed by atoms with van der Waals surface area (Å²) in [5.74, 6) is 0.103. The number of carbonyl (C=O) groups excluding carboxylic acids is 1. The van der Waals surface area contributed by atoms with Crippen molar-refractivity contribution in [2.24, 2.45) is 0 Å². The lowest BCUT2D eigenvalue weighted by Crippen LogP contribution is -2.20. The van der Waals surface area contributed by atoms with Crippen molar-refractivity contribution in [1.29, 1.82) is 0 Å². The molecule has 0 aromatic heterocycles. The molecule has 5 nitrogen and oxygen atoms in total. The van der Waals surface area contributed by atoms with E-state index in [0.29, 0.717) is 23.5 Å². The van der Waals surface area contributed by atoms with E-state index in [1.165, 1.54) is 0 Å². The summed E-state index contributed by atoms with van der Waals surface area (Å²) in [4.78, 5) is 11.8. The molecular weight excluding hydrogens is 266 g/mol. The maximum Gasteiger partial charge on any atom is 0.253 e. The quantitative estimate of drug-likeness (QED) is 0.633. The highest BCUT2D eigenvalue weighted by Gasteiger charge is 2.09. The zero-order valence-electron chi connectivity index (χ0n) is 11.9. The van der Waals surface area contributed by atoms with E-state index in [2.05, 4.69) is 10.6 Å². The van der Waals surface area contributed by atoms with Gasteiger partial charge >= 0.3 is 0 Å². The molecule has 21 heavy (non-hydrogen) atoms. The Morgan fingerprint density at radius 1 is 1.19 bits per heavy atom. The SMILES string of the molecule is CNC(=O)c1ccc(N)cc1NCCc1ccc(O)cc1. The largest absolute Gasteiger partial charge is 0.508 e. The Morgan fingerprint density at radius 3 is 2.57 bits per heavy atom. The molecule has 0 aliphatic heterocycles. The fourth-order valence-corrected chi connectivity index (χ4v) is 2.04. The van der Waals surface area contributed by atoms with Gasteiger partial charge in [0.2, 0.25) is 0 Å². The van der Waals surface area contributed by atoms with Crippen molar-refractivity contribution in [3.63, 3.8) is 0 Å². The van der Waals surface area contributed by atoms with Crippen molar-refractivity contribution in [2.75, 3.05) is 24.6 Å². The summed E-state index contributed by atoms with van der Waals surface area (Å²) in [6, 6.07) is 12.2. The number of amides is 1. The first kappa shape index (κ1) is 14.7. The molecule has 2 aromatic carbocycles. The smallest absolute Gasteiger partial charge is 0.253 e. The van der Waals surface area contributed by atoms with Crippen LogP contribution < -0.4 is 16.4 Å². The van der Waals surface area contributed by atoms with E-state index in [4.69, 9.17) is 5.73 Å². The number of carbonyl (C=O) groups is 1. The van der Waals surface area contributed by atoms with Crippen LogP contribution in [-0.4, -0.2) is 24.6 Å². The third kappa shape index (κ3) is 3.89. The van der Waals surface area contributed by atoms with Crippen LogP contribution in [0, 0.1) is 0 Å². The van der Waals surface area contributed by atoms with Crippen LogP contribution in [0.25, 0.3) is 0 Å². The molecule has 110 valence electrons. The van der Waals surface area contributed by atoms with Crippen LogP contribution in [0.5, 0.6) is 5.75 Å². The summed E-state index contributed by atoms with van der Waals surface area (Å²) in [5.41, 5.74) is 8.76. The van der Waals surface area contributed by atoms with Gasteiger partial charge in [0.25, 0.3) is 5.91 Å². The number of phenols is 1. The Kier molecular flexibility index (Phi) is 4.66. The fraction of sp³-hybridized carbons (Fsp3) is 0.188. The Bertz CT molecular complexity index is 624. The Morgan fingerprint density at radius 2 is 1.90 bits per heavy atom. The lowest BCUT2D eigenvalue weighted by atomic mass is 10.1. The van der Waals surface area contributed by atoms with Crippen molar-refractivity contribution in [1.82, 2.24) is 5.32 Å². The first-order valence-corrected chi connectivity index (χ1v) is 6.73. The average Bonchev–Trinajstić information content (AvgIpc) is 2.49. The highest BCUT2D eigenvalue weighted by atomic mass is 16.3. The average molecular weight is 285 g/mol. The van der Waals surface area contributed by atoms with Gasteiger partial charge in [0.15, 0.2) is 0 Å². The second kappa shape index (κ2) is 6.65. The second-order valence-corrected chi connectivity index (χ2v) is 4.73. The molecule has 0 fully saturated rings. The maximum atomic E-state index is 11.8. The molecule has 0 unspecified atom stereocenters.